The first-order valence-corrected chi connectivity index (χ1v) is 9.50. The lowest BCUT2D eigenvalue weighted by molar-refractivity contribution is -0.131. The molecule has 144 valence electrons. The van der Waals surface area contributed by atoms with Gasteiger partial charge >= 0.3 is 0 Å². The first-order valence-electron chi connectivity index (χ1n) is 8.27. The monoisotopic (exact) mass is 388 g/mol. The molecule has 2 amide bonds. The highest BCUT2D eigenvalue weighted by Crippen LogP contribution is 2.26. The van der Waals surface area contributed by atoms with E-state index in [1.165, 1.54) is 11.8 Å². The van der Waals surface area contributed by atoms with Gasteiger partial charge in [0.25, 0.3) is 11.8 Å². The molecule has 2 atom stereocenters. The second kappa shape index (κ2) is 10.6. The Labute approximate surface area is 164 Å². The SMILES string of the molecule is CSC(C)(C)[C@H](NC(=O)c1ccc(C#CC#CC(C)CO)cc1)C(=O)NO. The van der Waals surface area contributed by atoms with Gasteiger partial charge in [-0.25, -0.2) is 5.48 Å². The molecule has 0 saturated carbocycles. The van der Waals surface area contributed by atoms with E-state index in [1.54, 1.807) is 50.5 Å². The summed E-state index contributed by atoms with van der Waals surface area (Å²) >= 11 is 1.40. The van der Waals surface area contributed by atoms with Crippen LogP contribution in [0.25, 0.3) is 0 Å². The third-order valence-corrected chi connectivity index (χ3v) is 5.17. The minimum Gasteiger partial charge on any atom is -0.395 e. The van der Waals surface area contributed by atoms with E-state index >= 15 is 0 Å². The molecule has 1 aromatic carbocycles. The number of hydrogen-bond acceptors (Lipinski definition) is 5. The van der Waals surface area contributed by atoms with E-state index in [-0.39, 0.29) is 12.5 Å². The molecule has 0 aromatic heterocycles. The van der Waals surface area contributed by atoms with Crippen LogP contribution in [0.1, 0.15) is 36.7 Å². The van der Waals surface area contributed by atoms with E-state index in [4.69, 9.17) is 10.3 Å². The minimum atomic E-state index is -0.909. The summed E-state index contributed by atoms with van der Waals surface area (Å²) in [5.41, 5.74) is 2.65. The summed E-state index contributed by atoms with van der Waals surface area (Å²) in [6.07, 6.45) is 1.82. The predicted octanol–water partition coefficient (Wildman–Crippen LogP) is 1.42. The Kier molecular flexibility index (Phi) is 8.90. The number of thioether (sulfide) groups is 1. The van der Waals surface area contributed by atoms with Gasteiger partial charge < -0.3 is 10.4 Å². The van der Waals surface area contributed by atoms with Gasteiger partial charge in [0.2, 0.25) is 0 Å². The van der Waals surface area contributed by atoms with Crippen molar-refractivity contribution in [1.82, 2.24) is 10.8 Å². The van der Waals surface area contributed by atoms with Crippen molar-refractivity contribution in [2.24, 2.45) is 5.92 Å². The lowest BCUT2D eigenvalue weighted by atomic mass is 10.0. The van der Waals surface area contributed by atoms with Crippen LogP contribution in [0.2, 0.25) is 0 Å². The van der Waals surface area contributed by atoms with Gasteiger partial charge in [0.05, 0.1) is 6.61 Å². The van der Waals surface area contributed by atoms with E-state index in [0.717, 1.165) is 0 Å². The van der Waals surface area contributed by atoms with E-state index in [2.05, 4.69) is 29.0 Å². The number of amides is 2. The van der Waals surface area contributed by atoms with E-state index in [9.17, 15) is 9.59 Å². The summed E-state index contributed by atoms with van der Waals surface area (Å²) in [6.45, 7) is 5.39. The van der Waals surface area contributed by atoms with Crippen molar-refractivity contribution >= 4 is 23.6 Å². The van der Waals surface area contributed by atoms with Crippen LogP contribution in [0.15, 0.2) is 24.3 Å². The van der Waals surface area contributed by atoms with Gasteiger partial charge in [-0.15, -0.1) is 0 Å². The number of benzene rings is 1. The van der Waals surface area contributed by atoms with Crippen LogP contribution in [0, 0.1) is 29.6 Å². The Bertz CT molecular complexity index is 782. The van der Waals surface area contributed by atoms with Crippen molar-refractivity contribution in [3.05, 3.63) is 35.4 Å². The standard InChI is InChI=1S/C20H24N2O4S/c1-14(13-23)7-5-6-8-15-9-11-16(12-10-15)18(24)21-17(19(25)22-26)20(2,3)27-4/h9-12,14,17,23,26H,13H2,1-4H3,(H,21,24)(H,22,25)/t14?,17-/m1/s1. The Hall–Kier alpha value is -2.45. The van der Waals surface area contributed by atoms with Crippen LogP contribution in [0.3, 0.4) is 0 Å². The van der Waals surface area contributed by atoms with Gasteiger partial charge in [-0.1, -0.05) is 11.8 Å². The first-order chi connectivity index (χ1) is 12.7. The topological polar surface area (TPSA) is 98.7 Å². The van der Waals surface area contributed by atoms with Crippen molar-refractivity contribution in [2.75, 3.05) is 12.9 Å². The number of nitrogens with one attached hydrogen (secondary N) is 2. The van der Waals surface area contributed by atoms with E-state index < -0.39 is 22.6 Å². The highest BCUT2D eigenvalue weighted by atomic mass is 32.2. The van der Waals surface area contributed by atoms with Crippen LogP contribution < -0.4 is 10.8 Å². The van der Waals surface area contributed by atoms with Crippen LogP contribution >= 0.6 is 11.8 Å². The molecular formula is C20H24N2O4S. The normalized spacial score (nSPS) is 12.5. The predicted molar refractivity (Wildman–Crippen MR) is 106 cm³/mol. The van der Waals surface area contributed by atoms with Gasteiger partial charge in [-0.2, -0.15) is 11.8 Å². The van der Waals surface area contributed by atoms with Crippen LogP contribution in [-0.4, -0.2) is 45.8 Å². The summed E-state index contributed by atoms with van der Waals surface area (Å²) in [7, 11) is 0. The molecule has 0 heterocycles. The highest BCUT2D eigenvalue weighted by molar-refractivity contribution is 8.00. The Morgan fingerprint density at radius 2 is 1.85 bits per heavy atom. The average molecular weight is 388 g/mol. The first kappa shape index (κ1) is 22.6. The van der Waals surface area contributed by atoms with Crippen LogP contribution in [0.4, 0.5) is 0 Å². The summed E-state index contributed by atoms with van der Waals surface area (Å²) in [5, 5.41) is 20.5. The van der Waals surface area contributed by atoms with Crippen LogP contribution in [0.5, 0.6) is 0 Å². The second-order valence-corrected chi connectivity index (χ2v) is 7.83. The zero-order valence-corrected chi connectivity index (χ0v) is 16.6. The largest absolute Gasteiger partial charge is 0.395 e. The molecule has 1 rings (SSSR count). The molecule has 7 heteroatoms. The molecule has 0 spiro atoms. The Morgan fingerprint density at radius 1 is 1.22 bits per heavy atom. The third kappa shape index (κ3) is 6.99. The van der Waals surface area contributed by atoms with Gasteiger partial charge in [-0.05, 0) is 63.1 Å². The van der Waals surface area contributed by atoms with Crippen molar-refractivity contribution in [3.8, 4) is 23.7 Å². The van der Waals surface area contributed by atoms with Gasteiger partial charge in [-0.3, -0.25) is 14.8 Å². The fourth-order valence-electron chi connectivity index (χ4n) is 1.97. The Balaban J connectivity index is 2.88. The summed E-state index contributed by atoms with van der Waals surface area (Å²) in [5.74, 6) is 9.77. The molecule has 0 aliphatic carbocycles. The fourth-order valence-corrected chi connectivity index (χ4v) is 2.37. The fraction of sp³-hybridized carbons (Fsp3) is 0.400. The molecule has 0 fully saturated rings. The van der Waals surface area contributed by atoms with E-state index in [1.807, 2.05) is 6.26 Å². The maximum atomic E-state index is 12.5. The van der Waals surface area contributed by atoms with Crippen LogP contribution in [-0.2, 0) is 4.79 Å². The zero-order valence-electron chi connectivity index (χ0n) is 15.8. The summed E-state index contributed by atoms with van der Waals surface area (Å²) < 4.78 is -0.613. The number of rotatable bonds is 6. The highest BCUT2D eigenvalue weighted by Gasteiger charge is 2.36. The summed E-state index contributed by atoms with van der Waals surface area (Å²) in [4.78, 5) is 24.4. The van der Waals surface area contributed by atoms with E-state index in [0.29, 0.717) is 11.1 Å². The molecule has 6 nitrogen and oxygen atoms in total. The lowest BCUT2D eigenvalue weighted by Gasteiger charge is -2.31. The molecule has 1 aromatic rings. The summed E-state index contributed by atoms with van der Waals surface area (Å²) in [6, 6.07) is 5.65. The molecule has 0 saturated heterocycles. The van der Waals surface area contributed by atoms with Crippen molar-refractivity contribution < 1.29 is 19.9 Å². The molecule has 0 radical (unpaired) electrons. The number of hydroxylamine groups is 1. The molecule has 0 aliphatic heterocycles. The van der Waals surface area contributed by atoms with Gasteiger partial charge in [0.1, 0.15) is 6.04 Å². The van der Waals surface area contributed by atoms with Gasteiger partial charge in [0, 0.05) is 21.8 Å². The van der Waals surface area contributed by atoms with Gasteiger partial charge in [0.15, 0.2) is 0 Å². The molecule has 27 heavy (non-hydrogen) atoms. The third-order valence-electron chi connectivity index (χ3n) is 3.88. The molecule has 0 bridgehead atoms. The number of aliphatic hydroxyl groups is 1. The quantitative estimate of drug-likeness (QED) is 0.336. The second-order valence-electron chi connectivity index (χ2n) is 6.37. The maximum absolute atomic E-state index is 12.5. The Morgan fingerprint density at radius 3 is 2.37 bits per heavy atom. The van der Waals surface area contributed by atoms with Crippen molar-refractivity contribution in [2.45, 2.75) is 31.6 Å². The molecule has 4 N–H and O–H groups in total. The number of hydrogen-bond donors (Lipinski definition) is 4. The molecule has 1 unspecified atom stereocenters. The smallest absolute Gasteiger partial charge is 0.267 e. The zero-order chi connectivity index (χ0) is 20.4. The maximum Gasteiger partial charge on any atom is 0.267 e. The van der Waals surface area contributed by atoms with Crippen molar-refractivity contribution in [1.29, 1.82) is 0 Å². The molecule has 0 aliphatic rings. The number of carbonyl (C=O) groups excluding carboxylic acids is 2. The average Bonchev–Trinajstić information content (AvgIpc) is 2.68. The number of carbonyl (C=O) groups is 2. The van der Waals surface area contributed by atoms with Crippen molar-refractivity contribution in [3.63, 3.8) is 0 Å². The lowest BCUT2D eigenvalue weighted by Crippen LogP contribution is -2.55. The number of aliphatic hydroxyl groups excluding tert-OH is 1. The molecular weight excluding hydrogens is 364 g/mol. The minimum absolute atomic E-state index is 0.0128.